The number of nitrogens with zero attached hydrogens (tertiary/aromatic N) is 3. The Balaban J connectivity index is 2.84. The van der Waals surface area contributed by atoms with Crippen LogP contribution in [0.15, 0.2) is 12.4 Å². The van der Waals surface area contributed by atoms with Crippen molar-refractivity contribution in [2.75, 3.05) is 0 Å². The molecule has 13 heavy (non-hydrogen) atoms. The number of aromatic nitrogens is 3. The molecule has 0 saturated heterocycles. The van der Waals surface area contributed by atoms with E-state index in [1.54, 1.807) is 6.33 Å². The second kappa shape index (κ2) is 3.08. The molecule has 1 atom stereocenters. The Bertz CT molecular complexity index is 447. The molecule has 4 heteroatoms. The molecule has 0 saturated carbocycles. The molecule has 2 aromatic rings. The van der Waals surface area contributed by atoms with Crippen molar-refractivity contribution in [2.45, 2.75) is 20.3 Å². The molecule has 0 amide bonds. The van der Waals surface area contributed by atoms with Crippen molar-refractivity contribution >= 4 is 20.4 Å². The van der Waals surface area contributed by atoms with Gasteiger partial charge in [-0.3, -0.25) is 0 Å². The van der Waals surface area contributed by atoms with Crippen LogP contribution in [0.1, 0.15) is 18.3 Å². The van der Waals surface area contributed by atoms with Crippen LogP contribution in [0.4, 0.5) is 0 Å². The van der Waals surface area contributed by atoms with Gasteiger partial charge in [0.05, 0.1) is 5.69 Å². The summed E-state index contributed by atoms with van der Waals surface area (Å²) in [6.45, 7) is 4.17. The third-order valence-corrected chi connectivity index (χ3v) is 2.89. The second-order valence-corrected chi connectivity index (χ2v) is 3.58. The van der Waals surface area contributed by atoms with E-state index in [9.17, 15) is 0 Å². The Kier molecular flexibility index (Phi) is 2.04. The lowest BCUT2D eigenvalue weighted by molar-refractivity contribution is 1.02. The van der Waals surface area contributed by atoms with Gasteiger partial charge >= 0.3 is 0 Å². The second-order valence-electron chi connectivity index (χ2n) is 3.07. The van der Waals surface area contributed by atoms with Gasteiger partial charge in [0.1, 0.15) is 12.0 Å². The molecule has 0 N–H and O–H groups in total. The fraction of sp³-hybridized carbons (Fsp3) is 0.333. The van der Waals surface area contributed by atoms with E-state index >= 15 is 0 Å². The van der Waals surface area contributed by atoms with Crippen LogP contribution in [-0.4, -0.2) is 14.3 Å². The lowest BCUT2D eigenvalue weighted by Crippen LogP contribution is -1.90. The predicted molar refractivity (Wildman–Crippen MR) is 56.8 cm³/mol. The Morgan fingerprint density at radius 3 is 2.92 bits per heavy atom. The highest BCUT2D eigenvalue weighted by Crippen LogP contribution is 2.21. The minimum atomic E-state index is 0.952. The molecule has 0 aliphatic heterocycles. The van der Waals surface area contributed by atoms with Gasteiger partial charge in [-0.1, -0.05) is 6.92 Å². The van der Waals surface area contributed by atoms with Gasteiger partial charge < -0.3 is 4.34 Å². The summed E-state index contributed by atoms with van der Waals surface area (Å²) in [7, 11) is 2.66. The summed E-state index contributed by atoms with van der Waals surface area (Å²) < 4.78 is 2.01. The largest absolute Gasteiger partial charge is 0.314 e. The average Bonchev–Trinajstić information content (AvgIpc) is 2.43. The number of rotatable bonds is 1. The summed E-state index contributed by atoms with van der Waals surface area (Å²) in [5.74, 6) is 0. The third kappa shape index (κ3) is 1.24. The van der Waals surface area contributed by atoms with Gasteiger partial charge in [-0.05, 0) is 28.8 Å². The van der Waals surface area contributed by atoms with Crippen molar-refractivity contribution in [1.82, 2.24) is 14.3 Å². The van der Waals surface area contributed by atoms with Gasteiger partial charge in [0.25, 0.3) is 0 Å². The molecule has 0 bridgehead atoms. The van der Waals surface area contributed by atoms with Crippen LogP contribution in [-0.2, 0) is 6.42 Å². The standard InChI is InChI=1S/C9H12N3P/c1-3-8-7-4-6(2)12(13)9(7)11-5-10-8/h4-5H,3,13H2,1-2H3. The average molecular weight is 193 g/mol. The first kappa shape index (κ1) is 8.64. The molecular formula is C9H12N3P. The van der Waals surface area contributed by atoms with Crippen molar-refractivity contribution in [3.8, 4) is 0 Å². The van der Waals surface area contributed by atoms with Crippen molar-refractivity contribution in [1.29, 1.82) is 0 Å². The molecule has 68 valence electrons. The van der Waals surface area contributed by atoms with Gasteiger partial charge in [-0.15, -0.1) is 0 Å². The maximum absolute atomic E-state index is 4.25. The van der Waals surface area contributed by atoms with Gasteiger partial charge in [0.15, 0.2) is 0 Å². The molecule has 0 aliphatic carbocycles. The highest BCUT2D eigenvalue weighted by atomic mass is 31.0. The van der Waals surface area contributed by atoms with E-state index in [0.29, 0.717) is 0 Å². The third-order valence-electron chi connectivity index (χ3n) is 2.24. The maximum atomic E-state index is 4.25. The number of hydrogen-bond donors (Lipinski definition) is 0. The molecule has 3 nitrogen and oxygen atoms in total. The molecule has 1 unspecified atom stereocenters. The molecule has 0 aliphatic rings. The van der Waals surface area contributed by atoms with Crippen LogP contribution in [0.25, 0.3) is 11.0 Å². The summed E-state index contributed by atoms with van der Waals surface area (Å²) in [4.78, 5) is 8.49. The topological polar surface area (TPSA) is 30.7 Å². The molecule has 2 heterocycles. The molecule has 0 radical (unpaired) electrons. The maximum Gasteiger partial charge on any atom is 0.146 e. The SMILES string of the molecule is CCc1ncnc2c1cc(C)n2P. The van der Waals surface area contributed by atoms with Crippen molar-refractivity contribution in [3.05, 3.63) is 23.8 Å². The Morgan fingerprint density at radius 1 is 1.46 bits per heavy atom. The van der Waals surface area contributed by atoms with Crippen LogP contribution >= 0.6 is 9.39 Å². The fourth-order valence-electron chi connectivity index (χ4n) is 1.49. The highest BCUT2D eigenvalue weighted by molar-refractivity contribution is 7.15. The van der Waals surface area contributed by atoms with Gasteiger partial charge in [0.2, 0.25) is 0 Å². The molecule has 2 aromatic heterocycles. The molecule has 2 rings (SSSR count). The first-order valence-electron chi connectivity index (χ1n) is 4.31. The minimum absolute atomic E-state index is 0.952. The monoisotopic (exact) mass is 193 g/mol. The number of hydrogen-bond acceptors (Lipinski definition) is 2. The molecule has 0 fully saturated rings. The zero-order valence-electron chi connectivity index (χ0n) is 7.78. The lowest BCUT2D eigenvalue weighted by atomic mass is 10.2. The Labute approximate surface area is 79.5 Å². The van der Waals surface area contributed by atoms with Gasteiger partial charge in [-0.2, -0.15) is 0 Å². The zero-order chi connectivity index (χ0) is 9.42. The highest BCUT2D eigenvalue weighted by Gasteiger charge is 2.07. The fourth-order valence-corrected chi connectivity index (χ4v) is 1.77. The quantitative estimate of drug-likeness (QED) is 0.648. The summed E-state index contributed by atoms with van der Waals surface area (Å²) in [5, 5.41) is 1.16. The first-order chi connectivity index (χ1) is 6.24. The lowest BCUT2D eigenvalue weighted by Gasteiger charge is -1.98. The van der Waals surface area contributed by atoms with Gasteiger partial charge in [0, 0.05) is 11.1 Å². The van der Waals surface area contributed by atoms with E-state index in [0.717, 1.165) is 23.1 Å². The predicted octanol–water partition coefficient (Wildman–Crippen LogP) is 1.94. The minimum Gasteiger partial charge on any atom is -0.314 e. The van der Waals surface area contributed by atoms with Gasteiger partial charge in [-0.25, -0.2) is 9.97 Å². The van der Waals surface area contributed by atoms with E-state index in [2.05, 4.69) is 39.3 Å². The summed E-state index contributed by atoms with van der Waals surface area (Å²) in [5.41, 5.74) is 3.30. The van der Waals surface area contributed by atoms with Crippen molar-refractivity contribution in [3.63, 3.8) is 0 Å². The summed E-state index contributed by atoms with van der Waals surface area (Å²) in [6, 6.07) is 2.13. The van der Waals surface area contributed by atoms with Crippen LogP contribution in [0.3, 0.4) is 0 Å². The van der Waals surface area contributed by atoms with Crippen LogP contribution < -0.4 is 0 Å². The smallest absolute Gasteiger partial charge is 0.146 e. The van der Waals surface area contributed by atoms with E-state index in [1.165, 1.54) is 5.69 Å². The van der Waals surface area contributed by atoms with Crippen LogP contribution in [0.5, 0.6) is 0 Å². The number of aryl methyl sites for hydroxylation is 2. The Hall–Kier alpha value is -0.950. The number of fused-ring (bicyclic) bond motifs is 1. The van der Waals surface area contributed by atoms with E-state index in [4.69, 9.17) is 0 Å². The van der Waals surface area contributed by atoms with E-state index in [1.807, 2.05) is 4.34 Å². The van der Waals surface area contributed by atoms with Crippen LogP contribution in [0.2, 0.25) is 0 Å². The van der Waals surface area contributed by atoms with Crippen LogP contribution in [0, 0.1) is 6.92 Å². The molecule has 0 spiro atoms. The Morgan fingerprint density at radius 2 is 2.23 bits per heavy atom. The zero-order valence-corrected chi connectivity index (χ0v) is 8.94. The molecular weight excluding hydrogens is 181 g/mol. The molecule has 0 aromatic carbocycles. The summed E-state index contributed by atoms with van der Waals surface area (Å²) >= 11 is 0. The van der Waals surface area contributed by atoms with E-state index in [-0.39, 0.29) is 0 Å². The normalized spacial score (nSPS) is 11.0. The van der Waals surface area contributed by atoms with E-state index < -0.39 is 0 Å². The summed E-state index contributed by atoms with van der Waals surface area (Å²) in [6.07, 6.45) is 2.58. The van der Waals surface area contributed by atoms with Crippen molar-refractivity contribution in [2.24, 2.45) is 0 Å². The first-order valence-corrected chi connectivity index (χ1v) is 4.82. The van der Waals surface area contributed by atoms with Crippen molar-refractivity contribution < 1.29 is 0 Å².